The first-order chi connectivity index (χ1) is 6.12. The third kappa shape index (κ3) is 2.33. The molecule has 1 heterocycles. The molecule has 0 aliphatic heterocycles. The summed E-state index contributed by atoms with van der Waals surface area (Å²) in [5, 5.41) is 1.35. The van der Waals surface area contributed by atoms with Gasteiger partial charge in [0.1, 0.15) is 5.03 Å². The zero-order valence-electron chi connectivity index (χ0n) is 9.17. The van der Waals surface area contributed by atoms with Crippen molar-refractivity contribution in [3.05, 3.63) is 9.88 Å². The molecule has 1 aromatic heterocycles. The summed E-state index contributed by atoms with van der Waals surface area (Å²) < 4.78 is 19.3. The maximum Gasteiger partial charge on any atom is 0.150 e. The van der Waals surface area contributed by atoms with Crippen molar-refractivity contribution in [2.45, 2.75) is 38.1 Å². The van der Waals surface area contributed by atoms with Crippen molar-refractivity contribution >= 4 is 21.1 Å². The van der Waals surface area contributed by atoms with E-state index in [4.69, 9.17) is 4.78 Å². The van der Waals surface area contributed by atoms with Crippen LogP contribution >= 0.6 is 11.3 Å². The fourth-order valence-corrected chi connectivity index (χ4v) is 3.65. The predicted molar refractivity (Wildman–Crippen MR) is 60.6 cm³/mol. The van der Waals surface area contributed by atoms with E-state index in [2.05, 4.69) is 25.8 Å². The molecular formula is C9H16N2OS2. The molecule has 5 heteroatoms. The summed E-state index contributed by atoms with van der Waals surface area (Å²) in [4.78, 5) is 5.17. The Labute approximate surface area is 89.5 Å². The fourth-order valence-electron chi connectivity index (χ4n) is 1.15. The van der Waals surface area contributed by atoms with Gasteiger partial charge in [-0.3, -0.25) is 0 Å². The topological polar surface area (TPSA) is 53.8 Å². The summed E-state index contributed by atoms with van der Waals surface area (Å²) in [5.74, 6) is 0. The molecule has 1 atom stereocenters. The van der Waals surface area contributed by atoms with Crippen molar-refractivity contribution < 1.29 is 4.21 Å². The maximum atomic E-state index is 11.7. The summed E-state index contributed by atoms with van der Waals surface area (Å²) in [6.45, 7) is 8.03. The first-order valence-electron chi connectivity index (χ1n) is 4.34. The zero-order chi connectivity index (χ0) is 11.1. The number of thiazole rings is 1. The third-order valence-corrected chi connectivity index (χ3v) is 4.31. The van der Waals surface area contributed by atoms with E-state index in [-0.39, 0.29) is 5.41 Å². The Balaban J connectivity index is 3.46. The van der Waals surface area contributed by atoms with Gasteiger partial charge >= 0.3 is 0 Å². The van der Waals surface area contributed by atoms with E-state index < -0.39 is 9.73 Å². The lowest BCUT2D eigenvalue weighted by Crippen LogP contribution is -2.13. The molecule has 0 saturated heterocycles. The Morgan fingerprint density at radius 1 is 1.43 bits per heavy atom. The Morgan fingerprint density at radius 2 is 1.93 bits per heavy atom. The number of nitrogens with one attached hydrogen (secondary N) is 1. The molecule has 14 heavy (non-hydrogen) atoms. The second-order valence-electron chi connectivity index (χ2n) is 4.46. The summed E-state index contributed by atoms with van der Waals surface area (Å²) in [7, 11) is -2.70. The van der Waals surface area contributed by atoms with Gasteiger partial charge in [0, 0.05) is 11.1 Å². The van der Waals surface area contributed by atoms with Crippen molar-refractivity contribution in [1.82, 2.24) is 4.98 Å². The van der Waals surface area contributed by atoms with E-state index in [1.165, 1.54) is 17.6 Å². The SMILES string of the molecule is Cc1nc(S(C)(=N)=O)c(C(C)(C)C)s1. The smallest absolute Gasteiger partial charge is 0.150 e. The summed E-state index contributed by atoms with van der Waals surface area (Å²) in [6.07, 6.45) is 1.43. The average Bonchev–Trinajstić information content (AvgIpc) is 2.27. The van der Waals surface area contributed by atoms with E-state index in [1.807, 2.05) is 6.92 Å². The lowest BCUT2D eigenvalue weighted by atomic mass is 9.95. The molecule has 0 aromatic carbocycles. The van der Waals surface area contributed by atoms with Gasteiger partial charge in [0.2, 0.25) is 0 Å². The fraction of sp³-hybridized carbons (Fsp3) is 0.667. The molecular weight excluding hydrogens is 216 g/mol. The van der Waals surface area contributed by atoms with Crippen LogP contribution < -0.4 is 0 Å². The first kappa shape index (κ1) is 11.7. The van der Waals surface area contributed by atoms with E-state index in [1.54, 1.807) is 0 Å². The minimum atomic E-state index is -2.70. The lowest BCUT2D eigenvalue weighted by Gasteiger charge is -2.17. The van der Waals surface area contributed by atoms with Crippen LogP contribution in [0.1, 0.15) is 30.7 Å². The van der Waals surface area contributed by atoms with Gasteiger partial charge in [-0.2, -0.15) is 0 Å². The van der Waals surface area contributed by atoms with Crippen LogP contribution in [-0.2, 0) is 15.1 Å². The van der Waals surface area contributed by atoms with Gasteiger partial charge in [-0.1, -0.05) is 20.8 Å². The Bertz CT molecular complexity index is 438. The number of aryl methyl sites for hydroxylation is 1. The molecule has 1 unspecified atom stereocenters. The van der Waals surface area contributed by atoms with E-state index >= 15 is 0 Å². The molecule has 0 fully saturated rings. The van der Waals surface area contributed by atoms with Gasteiger partial charge in [0.15, 0.2) is 0 Å². The highest BCUT2D eigenvalue weighted by molar-refractivity contribution is 7.91. The number of aromatic nitrogens is 1. The first-order valence-corrected chi connectivity index (χ1v) is 7.12. The molecule has 80 valence electrons. The van der Waals surface area contributed by atoms with Gasteiger partial charge in [-0.05, 0) is 12.3 Å². The minimum Gasteiger partial charge on any atom is -0.248 e. The highest BCUT2D eigenvalue weighted by Crippen LogP contribution is 2.33. The van der Waals surface area contributed by atoms with Crippen molar-refractivity contribution in [2.24, 2.45) is 0 Å². The molecule has 0 aliphatic rings. The third-order valence-electron chi connectivity index (χ3n) is 1.75. The van der Waals surface area contributed by atoms with Gasteiger partial charge < -0.3 is 0 Å². The van der Waals surface area contributed by atoms with Crippen LogP contribution in [0.4, 0.5) is 0 Å². The number of hydrogen-bond acceptors (Lipinski definition) is 4. The summed E-state index contributed by atoms with van der Waals surface area (Å²) >= 11 is 1.54. The van der Waals surface area contributed by atoms with Crippen LogP contribution in [0.15, 0.2) is 5.03 Å². The lowest BCUT2D eigenvalue weighted by molar-refractivity contribution is 0.584. The molecule has 0 bridgehead atoms. The minimum absolute atomic E-state index is 0.0824. The Kier molecular flexibility index (Phi) is 2.75. The van der Waals surface area contributed by atoms with E-state index in [0.717, 1.165) is 9.88 Å². The number of hydrogen-bond donors (Lipinski definition) is 1. The molecule has 0 radical (unpaired) electrons. The highest BCUT2D eigenvalue weighted by Gasteiger charge is 2.25. The van der Waals surface area contributed by atoms with Crippen molar-refractivity contribution in [1.29, 1.82) is 4.78 Å². The van der Waals surface area contributed by atoms with E-state index in [9.17, 15) is 4.21 Å². The maximum absolute atomic E-state index is 11.7. The van der Waals surface area contributed by atoms with Gasteiger partial charge in [0.05, 0.1) is 14.7 Å². The van der Waals surface area contributed by atoms with Crippen LogP contribution in [0, 0.1) is 11.7 Å². The second-order valence-corrected chi connectivity index (χ2v) is 7.74. The predicted octanol–water partition coefficient (Wildman–Crippen LogP) is 2.78. The average molecular weight is 232 g/mol. The number of rotatable bonds is 1. The quantitative estimate of drug-likeness (QED) is 0.809. The molecule has 0 amide bonds. The van der Waals surface area contributed by atoms with Crippen molar-refractivity contribution in [2.75, 3.05) is 6.26 Å². The highest BCUT2D eigenvalue weighted by atomic mass is 32.2. The Hall–Kier alpha value is -0.420. The second kappa shape index (κ2) is 3.31. The zero-order valence-corrected chi connectivity index (χ0v) is 10.8. The molecule has 0 aliphatic carbocycles. The monoisotopic (exact) mass is 232 g/mol. The summed E-state index contributed by atoms with van der Waals surface area (Å²) in [6, 6.07) is 0. The largest absolute Gasteiger partial charge is 0.248 e. The van der Waals surface area contributed by atoms with Crippen LogP contribution in [0.3, 0.4) is 0 Å². The standard InChI is InChI=1S/C9H16N2OS2/c1-6-11-8(14(5,10)12)7(13-6)9(2,3)4/h10H,1-5H3. The molecule has 0 saturated carbocycles. The van der Waals surface area contributed by atoms with Crippen LogP contribution in [0.5, 0.6) is 0 Å². The summed E-state index contributed by atoms with van der Waals surface area (Å²) in [5.41, 5.74) is -0.0824. The van der Waals surface area contributed by atoms with Crippen molar-refractivity contribution in [3.63, 3.8) is 0 Å². The van der Waals surface area contributed by atoms with Crippen molar-refractivity contribution in [3.8, 4) is 0 Å². The molecule has 3 nitrogen and oxygen atoms in total. The van der Waals surface area contributed by atoms with Gasteiger partial charge in [0.25, 0.3) is 0 Å². The normalized spacial score (nSPS) is 16.6. The Morgan fingerprint density at radius 3 is 2.21 bits per heavy atom. The van der Waals surface area contributed by atoms with Crippen LogP contribution in [0.2, 0.25) is 0 Å². The molecule has 1 aromatic rings. The molecule has 1 N–H and O–H groups in total. The number of nitrogens with zero attached hydrogens (tertiary/aromatic N) is 1. The van der Waals surface area contributed by atoms with Gasteiger partial charge in [-0.25, -0.2) is 14.0 Å². The van der Waals surface area contributed by atoms with E-state index in [0.29, 0.717) is 5.03 Å². The van der Waals surface area contributed by atoms with Gasteiger partial charge in [-0.15, -0.1) is 11.3 Å². The van der Waals surface area contributed by atoms with Crippen LogP contribution in [-0.4, -0.2) is 15.4 Å². The molecule has 0 spiro atoms. The van der Waals surface area contributed by atoms with Crippen LogP contribution in [0.25, 0.3) is 0 Å². The molecule has 1 rings (SSSR count).